The Hall–Kier alpha value is -3.91. The van der Waals surface area contributed by atoms with E-state index in [1.807, 2.05) is 59.0 Å². The molecule has 1 amide bonds. The SMILES string of the molecule is CCOc1cccc2c1OCCCCCN(C(=O)CCn1nnc3ccccc31)CCN(Cc1ccccc1)C2. The number of amides is 1. The molecule has 1 aromatic heterocycles. The number of carbonyl (C=O) groups is 1. The summed E-state index contributed by atoms with van der Waals surface area (Å²) in [5.41, 5.74) is 4.16. The van der Waals surface area contributed by atoms with Gasteiger partial charge in [-0.15, -0.1) is 5.10 Å². The molecule has 0 radical (unpaired) electrons. The number of ether oxygens (including phenoxy) is 2. The molecule has 40 heavy (non-hydrogen) atoms. The fourth-order valence-corrected chi connectivity index (χ4v) is 5.24. The lowest BCUT2D eigenvalue weighted by atomic mass is 10.1. The molecule has 2 heterocycles. The number of nitrogens with zero attached hydrogens (tertiary/aromatic N) is 5. The smallest absolute Gasteiger partial charge is 0.224 e. The molecule has 0 N–H and O–H groups in total. The molecular weight excluding hydrogens is 502 g/mol. The van der Waals surface area contributed by atoms with Crippen LogP contribution in [0.5, 0.6) is 11.5 Å². The van der Waals surface area contributed by atoms with Crippen LogP contribution in [0.15, 0.2) is 72.8 Å². The number of fused-ring (bicyclic) bond motifs is 2. The number of para-hydroxylation sites is 2. The van der Waals surface area contributed by atoms with Gasteiger partial charge in [-0.1, -0.05) is 59.8 Å². The minimum absolute atomic E-state index is 0.157. The van der Waals surface area contributed by atoms with Crippen molar-refractivity contribution >= 4 is 16.9 Å². The van der Waals surface area contributed by atoms with Gasteiger partial charge >= 0.3 is 0 Å². The summed E-state index contributed by atoms with van der Waals surface area (Å²) >= 11 is 0. The van der Waals surface area contributed by atoms with Crippen LogP contribution < -0.4 is 9.47 Å². The number of carbonyl (C=O) groups excluding carboxylic acids is 1. The molecule has 1 aliphatic heterocycles. The molecule has 210 valence electrons. The second kappa shape index (κ2) is 13.9. The Morgan fingerprint density at radius 2 is 1.77 bits per heavy atom. The van der Waals surface area contributed by atoms with E-state index in [0.717, 1.165) is 67.0 Å². The van der Waals surface area contributed by atoms with E-state index in [9.17, 15) is 4.79 Å². The van der Waals surface area contributed by atoms with Crippen LogP contribution in [0.1, 0.15) is 43.7 Å². The molecule has 0 saturated heterocycles. The minimum Gasteiger partial charge on any atom is -0.490 e. The summed E-state index contributed by atoms with van der Waals surface area (Å²) in [5.74, 6) is 1.80. The van der Waals surface area contributed by atoms with Gasteiger partial charge in [0.15, 0.2) is 11.5 Å². The van der Waals surface area contributed by atoms with Gasteiger partial charge < -0.3 is 14.4 Å². The number of hydrogen-bond donors (Lipinski definition) is 0. The molecule has 4 aromatic rings. The van der Waals surface area contributed by atoms with Gasteiger partial charge in [-0.3, -0.25) is 9.69 Å². The van der Waals surface area contributed by atoms with Gasteiger partial charge in [0.2, 0.25) is 5.91 Å². The zero-order valence-corrected chi connectivity index (χ0v) is 23.4. The molecule has 0 unspecified atom stereocenters. The predicted octanol–water partition coefficient (Wildman–Crippen LogP) is 5.31. The number of aryl methyl sites for hydroxylation is 1. The average Bonchev–Trinajstić information content (AvgIpc) is 3.40. The summed E-state index contributed by atoms with van der Waals surface area (Å²) in [7, 11) is 0. The Balaban J connectivity index is 1.33. The van der Waals surface area contributed by atoms with Gasteiger partial charge in [0.05, 0.1) is 25.3 Å². The molecule has 0 fully saturated rings. The molecule has 3 aromatic carbocycles. The fraction of sp³-hybridized carbons (Fsp3) is 0.406. The maximum absolute atomic E-state index is 13.5. The molecular formula is C32H39N5O3. The van der Waals surface area contributed by atoms with Crippen LogP contribution in [0.2, 0.25) is 0 Å². The zero-order valence-electron chi connectivity index (χ0n) is 23.4. The molecule has 1 aliphatic rings. The van der Waals surface area contributed by atoms with Crippen LogP contribution >= 0.6 is 0 Å². The summed E-state index contributed by atoms with van der Waals surface area (Å²) in [6, 6.07) is 24.5. The highest BCUT2D eigenvalue weighted by Crippen LogP contribution is 2.33. The standard InChI is InChI=1S/C32H39N5O3/c1-2-39-30-17-11-14-27-25-35(24-26-12-5-3-6-13-26)21-22-36(19-9-4-10-23-40-32(27)30)31(38)18-20-37-29-16-8-7-15-28(29)33-34-37/h3,5-8,11-17H,2,4,9-10,18-25H2,1H3. The highest BCUT2D eigenvalue weighted by atomic mass is 16.5. The third kappa shape index (κ3) is 7.18. The maximum Gasteiger partial charge on any atom is 0.224 e. The van der Waals surface area contributed by atoms with E-state index in [0.29, 0.717) is 39.3 Å². The van der Waals surface area contributed by atoms with Crippen molar-refractivity contribution in [1.82, 2.24) is 24.8 Å². The lowest BCUT2D eigenvalue weighted by Gasteiger charge is -2.28. The van der Waals surface area contributed by atoms with Crippen molar-refractivity contribution < 1.29 is 14.3 Å². The molecule has 5 rings (SSSR count). The summed E-state index contributed by atoms with van der Waals surface area (Å²) in [6.07, 6.45) is 3.27. The Morgan fingerprint density at radius 1 is 0.925 bits per heavy atom. The van der Waals surface area contributed by atoms with Gasteiger partial charge in [0.1, 0.15) is 5.52 Å². The zero-order chi connectivity index (χ0) is 27.6. The molecule has 0 bridgehead atoms. The average molecular weight is 542 g/mol. The lowest BCUT2D eigenvalue weighted by molar-refractivity contribution is -0.131. The second-order valence-corrected chi connectivity index (χ2v) is 10.2. The van der Waals surface area contributed by atoms with E-state index in [-0.39, 0.29) is 5.91 Å². The van der Waals surface area contributed by atoms with Crippen molar-refractivity contribution in [3.05, 3.63) is 83.9 Å². The molecule has 8 nitrogen and oxygen atoms in total. The van der Waals surface area contributed by atoms with Crippen LogP contribution in [0.3, 0.4) is 0 Å². The molecule has 0 atom stereocenters. The van der Waals surface area contributed by atoms with E-state index >= 15 is 0 Å². The molecule has 0 aliphatic carbocycles. The first-order chi connectivity index (χ1) is 19.7. The number of rotatable bonds is 7. The topological polar surface area (TPSA) is 72.7 Å². The van der Waals surface area contributed by atoms with Crippen molar-refractivity contribution in [3.8, 4) is 11.5 Å². The van der Waals surface area contributed by atoms with Crippen molar-refractivity contribution in [2.45, 2.75) is 52.2 Å². The Kier molecular flexibility index (Phi) is 9.63. The van der Waals surface area contributed by atoms with Crippen LogP contribution in [-0.4, -0.2) is 63.5 Å². The van der Waals surface area contributed by atoms with Gasteiger partial charge in [0, 0.05) is 44.7 Å². The van der Waals surface area contributed by atoms with E-state index < -0.39 is 0 Å². The third-order valence-electron chi connectivity index (χ3n) is 7.32. The summed E-state index contributed by atoms with van der Waals surface area (Å²) < 4.78 is 14.1. The molecule has 8 heteroatoms. The van der Waals surface area contributed by atoms with Crippen molar-refractivity contribution in [1.29, 1.82) is 0 Å². The molecule has 0 spiro atoms. The van der Waals surface area contributed by atoms with Crippen molar-refractivity contribution in [2.24, 2.45) is 0 Å². The Morgan fingerprint density at radius 3 is 2.65 bits per heavy atom. The van der Waals surface area contributed by atoms with Crippen LogP contribution in [0.25, 0.3) is 11.0 Å². The Bertz CT molecular complexity index is 1370. The number of aromatic nitrogens is 3. The van der Waals surface area contributed by atoms with Gasteiger partial charge in [-0.25, -0.2) is 4.68 Å². The first-order valence-electron chi connectivity index (χ1n) is 14.4. The lowest BCUT2D eigenvalue weighted by Crippen LogP contribution is -2.39. The van der Waals surface area contributed by atoms with E-state index in [2.05, 4.69) is 45.5 Å². The normalized spacial score (nSPS) is 15.4. The summed E-state index contributed by atoms with van der Waals surface area (Å²) in [4.78, 5) is 17.9. The van der Waals surface area contributed by atoms with Gasteiger partial charge in [-0.05, 0) is 49.9 Å². The summed E-state index contributed by atoms with van der Waals surface area (Å²) in [6.45, 7) is 7.40. The van der Waals surface area contributed by atoms with Crippen LogP contribution in [-0.2, 0) is 24.4 Å². The van der Waals surface area contributed by atoms with E-state index in [1.54, 1.807) is 0 Å². The number of benzene rings is 3. The largest absolute Gasteiger partial charge is 0.490 e. The fourth-order valence-electron chi connectivity index (χ4n) is 5.24. The Labute approximate surface area is 236 Å². The number of hydrogen-bond acceptors (Lipinski definition) is 6. The highest BCUT2D eigenvalue weighted by Gasteiger charge is 2.20. The summed E-state index contributed by atoms with van der Waals surface area (Å²) in [5, 5.41) is 8.50. The van der Waals surface area contributed by atoms with Crippen molar-refractivity contribution in [2.75, 3.05) is 32.8 Å². The first kappa shape index (κ1) is 27.6. The monoisotopic (exact) mass is 541 g/mol. The van der Waals surface area contributed by atoms with Gasteiger partial charge in [-0.2, -0.15) is 0 Å². The van der Waals surface area contributed by atoms with Crippen molar-refractivity contribution in [3.63, 3.8) is 0 Å². The maximum atomic E-state index is 13.5. The third-order valence-corrected chi connectivity index (χ3v) is 7.32. The highest BCUT2D eigenvalue weighted by molar-refractivity contribution is 5.77. The van der Waals surface area contributed by atoms with Crippen LogP contribution in [0.4, 0.5) is 0 Å². The van der Waals surface area contributed by atoms with Crippen LogP contribution in [0, 0.1) is 0 Å². The van der Waals surface area contributed by atoms with E-state index in [4.69, 9.17) is 9.47 Å². The van der Waals surface area contributed by atoms with E-state index in [1.165, 1.54) is 5.56 Å². The second-order valence-electron chi connectivity index (χ2n) is 10.2. The predicted molar refractivity (Wildman–Crippen MR) is 156 cm³/mol. The minimum atomic E-state index is 0.157. The first-order valence-corrected chi connectivity index (χ1v) is 14.4. The quantitative estimate of drug-likeness (QED) is 0.316. The molecule has 0 saturated carbocycles. The van der Waals surface area contributed by atoms with Gasteiger partial charge in [0.25, 0.3) is 0 Å².